The van der Waals surface area contributed by atoms with E-state index < -0.39 is 12.6 Å². The van der Waals surface area contributed by atoms with Gasteiger partial charge < -0.3 is 15.2 Å². The summed E-state index contributed by atoms with van der Waals surface area (Å²) in [6.45, 7) is 1.58. The largest absolute Gasteiger partial charge is 0.482 e. The van der Waals surface area contributed by atoms with Crippen LogP contribution < -0.4 is 10.1 Å². The molecule has 0 saturated heterocycles. The van der Waals surface area contributed by atoms with E-state index in [0.717, 1.165) is 30.4 Å². The number of ether oxygens (including phenoxy) is 1. The monoisotopic (exact) mass is 275 g/mol. The van der Waals surface area contributed by atoms with Gasteiger partial charge in [-0.1, -0.05) is 11.6 Å². The van der Waals surface area contributed by atoms with Gasteiger partial charge in [0.2, 0.25) is 0 Å². The lowest BCUT2D eigenvalue weighted by Gasteiger charge is -2.09. The molecule has 0 radical (unpaired) electrons. The number of carboxylic acid groups (broad SMARTS) is 1. The first-order valence-electron chi connectivity index (χ1n) is 6.51. The molecule has 0 aromatic heterocycles. The molecule has 106 valence electrons. The highest BCUT2D eigenvalue weighted by atomic mass is 16.5. The van der Waals surface area contributed by atoms with Gasteiger partial charge in [0.05, 0.1) is 0 Å². The van der Waals surface area contributed by atoms with E-state index in [1.807, 2.05) is 6.92 Å². The Morgan fingerprint density at radius 2 is 2.15 bits per heavy atom. The maximum absolute atomic E-state index is 12.1. The molecule has 0 unspecified atom stereocenters. The van der Waals surface area contributed by atoms with Gasteiger partial charge in [0.15, 0.2) is 6.61 Å². The van der Waals surface area contributed by atoms with Crippen molar-refractivity contribution in [2.24, 2.45) is 0 Å². The van der Waals surface area contributed by atoms with Crippen LogP contribution in [0.3, 0.4) is 0 Å². The Labute approximate surface area is 117 Å². The highest BCUT2D eigenvalue weighted by molar-refractivity contribution is 6.04. The van der Waals surface area contributed by atoms with Crippen molar-refractivity contribution in [3.63, 3.8) is 0 Å². The third-order valence-electron chi connectivity index (χ3n) is 3.22. The summed E-state index contributed by atoms with van der Waals surface area (Å²) >= 11 is 0. The van der Waals surface area contributed by atoms with Crippen LogP contribution in [0, 0.1) is 0 Å². The number of carboxylic acids is 1. The SMILES string of the molecule is CC1=C(C(=O)Nc2cccc(OCC(=O)O)c2)CCC1. The summed E-state index contributed by atoms with van der Waals surface area (Å²) in [6, 6.07) is 6.73. The van der Waals surface area contributed by atoms with Crippen molar-refractivity contribution < 1.29 is 19.4 Å². The van der Waals surface area contributed by atoms with Gasteiger partial charge in [0.25, 0.3) is 5.91 Å². The molecule has 0 spiro atoms. The van der Waals surface area contributed by atoms with E-state index in [4.69, 9.17) is 9.84 Å². The van der Waals surface area contributed by atoms with Gasteiger partial charge in [-0.15, -0.1) is 0 Å². The molecule has 1 aromatic rings. The maximum atomic E-state index is 12.1. The minimum atomic E-state index is -1.04. The smallest absolute Gasteiger partial charge is 0.341 e. The summed E-state index contributed by atoms with van der Waals surface area (Å²) in [4.78, 5) is 22.5. The fraction of sp³-hybridized carbons (Fsp3) is 0.333. The van der Waals surface area contributed by atoms with E-state index in [9.17, 15) is 9.59 Å². The van der Waals surface area contributed by atoms with E-state index in [0.29, 0.717) is 11.4 Å². The molecule has 1 aliphatic carbocycles. The van der Waals surface area contributed by atoms with Gasteiger partial charge in [-0.2, -0.15) is 0 Å². The summed E-state index contributed by atoms with van der Waals surface area (Å²) < 4.78 is 5.07. The number of rotatable bonds is 5. The van der Waals surface area contributed by atoms with Gasteiger partial charge in [-0.3, -0.25) is 4.79 Å². The number of nitrogens with one attached hydrogen (secondary N) is 1. The Hall–Kier alpha value is -2.30. The third kappa shape index (κ3) is 3.60. The molecule has 1 amide bonds. The molecular formula is C15H17NO4. The number of allylic oxidation sites excluding steroid dienone is 1. The minimum absolute atomic E-state index is 0.0876. The van der Waals surface area contributed by atoms with Crippen molar-refractivity contribution in [2.75, 3.05) is 11.9 Å². The van der Waals surface area contributed by atoms with Crippen molar-refractivity contribution in [2.45, 2.75) is 26.2 Å². The van der Waals surface area contributed by atoms with E-state index in [1.165, 1.54) is 0 Å². The van der Waals surface area contributed by atoms with E-state index in [2.05, 4.69) is 5.32 Å². The van der Waals surface area contributed by atoms with Crippen LogP contribution in [0.15, 0.2) is 35.4 Å². The molecule has 0 saturated carbocycles. The normalized spacial score (nSPS) is 14.2. The molecule has 5 heteroatoms. The molecule has 5 nitrogen and oxygen atoms in total. The standard InChI is InChI=1S/C15H17NO4/c1-10-4-2-7-13(10)15(19)16-11-5-3-6-12(8-11)20-9-14(17)18/h3,5-6,8H,2,4,7,9H2,1H3,(H,16,19)(H,17,18). The van der Waals surface area contributed by atoms with Crippen molar-refractivity contribution in [1.82, 2.24) is 0 Å². The van der Waals surface area contributed by atoms with Gasteiger partial charge in [-0.05, 0) is 38.3 Å². The zero-order valence-corrected chi connectivity index (χ0v) is 11.3. The summed E-state index contributed by atoms with van der Waals surface area (Å²) in [6.07, 6.45) is 2.81. The van der Waals surface area contributed by atoms with Crippen LogP contribution in [0.5, 0.6) is 5.75 Å². The molecule has 2 N–H and O–H groups in total. The Bertz CT molecular complexity index is 563. The zero-order valence-electron chi connectivity index (χ0n) is 11.3. The van der Waals surface area contributed by atoms with Gasteiger partial charge in [0.1, 0.15) is 5.75 Å². The van der Waals surface area contributed by atoms with Crippen LogP contribution >= 0.6 is 0 Å². The van der Waals surface area contributed by atoms with Crippen LogP contribution in [-0.2, 0) is 9.59 Å². The number of carbonyl (C=O) groups excluding carboxylic acids is 1. The molecular weight excluding hydrogens is 258 g/mol. The number of anilines is 1. The molecule has 1 aliphatic rings. The second-order valence-electron chi connectivity index (χ2n) is 4.78. The number of carbonyl (C=O) groups is 2. The lowest BCUT2D eigenvalue weighted by molar-refractivity contribution is -0.139. The first-order valence-corrected chi connectivity index (χ1v) is 6.51. The first-order chi connectivity index (χ1) is 9.56. The molecule has 0 atom stereocenters. The van der Waals surface area contributed by atoms with Gasteiger partial charge in [-0.25, -0.2) is 4.79 Å². The van der Waals surface area contributed by atoms with Crippen LogP contribution in [0.1, 0.15) is 26.2 Å². The molecule has 0 fully saturated rings. The molecule has 1 aromatic carbocycles. The predicted molar refractivity (Wildman–Crippen MR) is 74.8 cm³/mol. The number of aliphatic carboxylic acids is 1. The van der Waals surface area contributed by atoms with Crippen molar-refractivity contribution in [3.05, 3.63) is 35.4 Å². The zero-order chi connectivity index (χ0) is 14.5. The van der Waals surface area contributed by atoms with Crippen LogP contribution in [-0.4, -0.2) is 23.6 Å². The summed E-state index contributed by atoms with van der Waals surface area (Å²) in [5.74, 6) is -0.705. The topological polar surface area (TPSA) is 75.6 Å². The van der Waals surface area contributed by atoms with Gasteiger partial charge >= 0.3 is 5.97 Å². The van der Waals surface area contributed by atoms with Crippen LogP contribution in [0.25, 0.3) is 0 Å². The molecule has 0 bridgehead atoms. The Kier molecular flexibility index (Phi) is 4.40. The number of hydrogen-bond acceptors (Lipinski definition) is 3. The van der Waals surface area contributed by atoms with Crippen LogP contribution in [0.2, 0.25) is 0 Å². The Morgan fingerprint density at radius 3 is 2.80 bits per heavy atom. The molecule has 2 rings (SSSR count). The fourth-order valence-electron chi connectivity index (χ4n) is 2.22. The highest BCUT2D eigenvalue weighted by Crippen LogP contribution is 2.27. The lowest BCUT2D eigenvalue weighted by atomic mass is 10.1. The van der Waals surface area contributed by atoms with E-state index in [-0.39, 0.29) is 5.91 Å². The second kappa shape index (κ2) is 6.23. The second-order valence-corrected chi connectivity index (χ2v) is 4.78. The average molecular weight is 275 g/mol. The molecule has 0 aliphatic heterocycles. The highest BCUT2D eigenvalue weighted by Gasteiger charge is 2.18. The number of amides is 1. The summed E-state index contributed by atoms with van der Waals surface area (Å²) in [5, 5.41) is 11.4. The van der Waals surface area contributed by atoms with Gasteiger partial charge in [0, 0.05) is 17.3 Å². The fourth-order valence-corrected chi connectivity index (χ4v) is 2.22. The van der Waals surface area contributed by atoms with E-state index >= 15 is 0 Å². The predicted octanol–water partition coefficient (Wildman–Crippen LogP) is 2.59. The number of hydrogen-bond donors (Lipinski definition) is 2. The quantitative estimate of drug-likeness (QED) is 0.866. The van der Waals surface area contributed by atoms with Crippen molar-refractivity contribution >= 4 is 17.6 Å². The Balaban J connectivity index is 2.02. The van der Waals surface area contributed by atoms with E-state index in [1.54, 1.807) is 24.3 Å². The Morgan fingerprint density at radius 1 is 1.35 bits per heavy atom. The first kappa shape index (κ1) is 14.1. The molecule has 20 heavy (non-hydrogen) atoms. The summed E-state index contributed by atoms with van der Waals surface area (Å²) in [5.41, 5.74) is 2.59. The summed E-state index contributed by atoms with van der Waals surface area (Å²) in [7, 11) is 0. The molecule has 0 heterocycles. The van der Waals surface area contributed by atoms with Crippen molar-refractivity contribution in [3.8, 4) is 5.75 Å². The minimum Gasteiger partial charge on any atom is -0.482 e. The average Bonchev–Trinajstić information content (AvgIpc) is 2.83. The maximum Gasteiger partial charge on any atom is 0.341 e. The third-order valence-corrected chi connectivity index (χ3v) is 3.22. The van der Waals surface area contributed by atoms with Crippen molar-refractivity contribution in [1.29, 1.82) is 0 Å². The lowest BCUT2D eigenvalue weighted by Crippen LogP contribution is -2.14. The van der Waals surface area contributed by atoms with Crippen LogP contribution in [0.4, 0.5) is 5.69 Å². The number of benzene rings is 1.